The minimum Gasteiger partial charge on any atom is -0.497 e. The lowest BCUT2D eigenvalue weighted by Crippen LogP contribution is -2.31. The summed E-state index contributed by atoms with van der Waals surface area (Å²) in [7, 11) is 3.16. The number of carbonyl (C=O) groups excluding carboxylic acids is 1. The van der Waals surface area contributed by atoms with Gasteiger partial charge < -0.3 is 13.9 Å². The molecule has 0 aliphatic heterocycles. The van der Waals surface area contributed by atoms with Gasteiger partial charge in [-0.25, -0.2) is 0 Å². The normalized spacial score (nSPS) is 10.9. The maximum absolute atomic E-state index is 13.7. The lowest BCUT2D eigenvalue weighted by Gasteiger charge is -2.20. The first kappa shape index (κ1) is 23.0. The number of halogens is 1. The van der Waals surface area contributed by atoms with E-state index in [1.807, 2.05) is 35.7 Å². The number of nitrogens with zero attached hydrogens (tertiary/aromatic N) is 2. The number of benzene rings is 3. The topological polar surface area (TPSA) is 64.8 Å². The number of anilines is 1. The first-order valence-corrected chi connectivity index (χ1v) is 12.1. The number of methoxy groups -OCH3 is 2. The van der Waals surface area contributed by atoms with Crippen molar-refractivity contribution in [1.82, 2.24) is 4.98 Å². The smallest absolute Gasteiger partial charge is 0.305 e. The molecule has 3 aromatic carbocycles. The van der Waals surface area contributed by atoms with Crippen LogP contribution in [0.25, 0.3) is 22.2 Å². The Morgan fingerprint density at radius 2 is 1.77 bits per heavy atom. The number of hydrogen-bond acceptors (Lipinski definition) is 6. The highest BCUT2D eigenvalue weighted by atomic mass is 35.5. The molecule has 0 atom stereocenters. The van der Waals surface area contributed by atoms with E-state index in [-0.39, 0.29) is 18.5 Å². The van der Waals surface area contributed by atoms with Gasteiger partial charge in [-0.15, -0.1) is 0 Å². The van der Waals surface area contributed by atoms with Gasteiger partial charge >= 0.3 is 6.01 Å². The first-order chi connectivity index (χ1) is 17.1. The van der Waals surface area contributed by atoms with E-state index < -0.39 is 0 Å². The molecule has 2 aromatic heterocycles. The van der Waals surface area contributed by atoms with Gasteiger partial charge in [0.05, 0.1) is 31.4 Å². The Morgan fingerprint density at radius 3 is 2.46 bits per heavy atom. The van der Waals surface area contributed by atoms with Gasteiger partial charge in [0.25, 0.3) is 5.91 Å². The number of fused-ring (bicyclic) bond motifs is 1. The van der Waals surface area contributed by atoms with Crippen molar-refractivity contribution in [2.24, 2.45) is 0 Å². The number of hydrogen-bond donors (Lipinski definition) is 0. The second kappa shape index (κ2) is 9.82. The third-order valence-electron chi connectivity index (χ3n) is 5.56. The monoisotopic (exact) mass is 504 g/mol. The predicted octanol–water partition coefficient (Wildman–Crippen LogP) is 7.07. The quantitative estimate of drug-likeness (QED) is 0.237. The summed E-state index contributed by atoms with van der Waals surface area (Å²) in [4.78, 5) is 19.8. The number of oxazole rings is 1. The molecule has 6 nitrogen and oxygen atoms in total. The number of amides is 1. The van der Waals surface area contributed by atoms with Crippen molar-refractivity contribution in [2.45, 2.75) is 6.54 Å². The first-order valence-electron chi connectivity index (χ1n) is 10.8. The minimum absolute atomic E-state index is 0.168. The van der Waals surface area contributed by atoms with Crippen molar-refractivity contribution in [3.8, 4) is 22.6 Å². The van der Waals surface area contributed by atoms with Crippen molar-refractivity contribution in [1.29, 1.82) is 0 Å². The molecule has 0 saturated heterocycles. The van der Waals surface area contributed by atoms with Crippen molar-refractivity contribution in [2.75, 3.05) is 19.1 Å². The summed E-state index contributed by atoms with van der Waals surface area (Å²) >= 11 is 8.00. The molecule has 176 valence electrons. The molecule has 0 bridgehead atoms. The fraction of sp³-hybridized carbons (Fsp3) is 0.111. The third-order valence-corrected chi connectivity index (χ3v) is 6.58. The van der Waals surface area contributed by atoms with E-state index in [0.29, 0.717) is 33.2 Å². The average molecular weight is 505 g/mol. The van der Waals surface area contributed by atoms with Crippen LogP contribution in [0.15, 0.2) is 81.9 Å². The van der Waals surface area contributed by atoms with Gasteiger partial charge in [0, 0.05) is 6.07 Å². The zero-order valence-corrected chi connectivity index (χ0v) is 20.6. The lowest BCUT2D eigenvalue weighted by atomic mass is 10.1. The Labute approximate surface area is 211 Å². The highest BCUT2D eigenvalue weighted by molar-refractivity contribution is 7.08. The van der Waals surface area contributed by atoms with Gasteiger partial charge in [-0.3, -0.25) is 9.69 Å². The number of carbonyl (C=O) groups is 1. The van der Waals surface area contributed by atoms with Crippen molar-refractivity contribution in [3.05, 3.63) is 93.6 Å². The van der Waals surface area contributed by atoms with Gasteiger partial charge in [-0.1, -0.05) is 29.8 Å². The predicted molar refractivity (Wildman–Crippen MR) is 139 cm³/mol. The Balaban J connectivity index is 1.59. The molecule has 5 rings (SSSR count). The number of aromatic nitrogens is 1. The fourth-order valence-corrected chi connectivity index (χ4v) is 4.67. The summed E-state index contributed by atoms with van der Waals surface area (Å²) < 4.78 is 16.9. The van der Waals surface area contributed by atoms with Gasteiger partial charge in [-0.05, 0) is 69.9 Å². The summed E-state index contributed by atoms with van der Waals surface area (Å²) in [5.41, 5.74) is 4.50. The van der Waals surface area contributed by atoms with Crippen LogP contribution >= 0.6 is 22.9 Å². The summed E-state index contributed by atoms with van der Waals surface area (Å²) in [6.45, 7) is 0.168. The molecule has 0 saturated carbocycles. The highest BCUT2D eigenvalue weighted by Crippen LogP contribution is 2.31. The molecule has 1 amide bonds. The Morgan fingerprint density at radius 1 is 1.00 bits per heavy atom. The van der Waals surface area contributed by atoms with Crippen LogP contribution in [0.4, 0.5) is 6.01 Å². The van der Waals surface area contributed by atoms with Gasteiger partial charge in [0.15, 0.2) is 5.58 Å². The van der Waals surface area contributed by atoms with Crippen LogP contribution in [0, 0.1) is 0 Å². The van der Waals surface area contributed by atoms with E-state index in [0.717, 1.165) is 16.7 Å². The zero-order chi connectivity index (χ0) is 24.4. The van der Waals surface area contributed by atoms with Crippen LogP contribution in [0.1, 0.15) is 15.9 Å². The van der Waals surface area contributed by atoms with E-state index >= 15 is 0 Å². The van der Waals surface area contributed by atoms with Gasteiger partial charge in [0.1, 0.15) is 17.0 Å². The molecule has 5 aromatic rings. The van der Waals surface area contributed by atoms with Crippen molar-refractivity contribution >= 4 is 46.0 Å². The number of thiophene rings is 1. The molecule has 0 spiro atoms. The zero-order valence-electron chi connectivity index (χ0n) is 19.0. The molecule has 0 aliphatic carbocycles. The molecule has 0 aliphatic rings. The third kappa shape index (κ3) is 4.73. The standard InChI is InChI=1S/C27H21ClN2O4S/c1-32-20-11-17(12-21(14-20)33-2)15-30(26(31)22-5-3-4-6-23(22)28)27-29-24-13-18(7-8-25(24)34-27)19-9-10-35-16-19/h3-14,16H,15H2,1-2H3. The van der Waals surface area contributed by atoms with Crippen LogP contribution in [0.2, 0.25) is 5.02 Å². The Bertz CT molecular complexity index is 1470. The number of ether oxygens (including phenoxy) is 2. The fourth-order valence-electron chi connectivity index (χ4n) is 3.79. The SMILES string of the molecule is COc1cc(CN(C(=O)c2ccccc2Cl)c2nc3cc(-c4ccsc4)ccc3o2)cc(OC)c1. The second-order valence-electron chi connectivity index (χ2n) is 7.78. The van der Waals surface area contributed by atoms with Gasteiger partial charge in [0.2, 0.25) is 0 Å². The van der Waals surface area contributed by atoms with Crippen LogP contribution in [0.5, 0.6) is 11.5 Å². The molecule has 0 radical (unpaired) electrons. The van der Waals surface area contributed by atoms with E-state index in [1.54, 1.807) is 55.9 Å². The molecule has 0 N–H and O–H groups in total. The average Bonchev–Trinajstić information content (AvgIpc) is 3.56. The minimum atomic E-state index is -0.331. The molecule has 35 heavy (non-hydrogen) atoms. The summed E-state index contributed by atoms with van der Waals surface area (Å²) in [6.07, 6.45) is 0. The van der Waals surface area contributed by atoms with E-state index in [9.17, 15) is 4.79 Å². The molecular formula is C27H21ClN2O4S. The van der Waals surface area contributed by atoms with Crippen LogP contribution < -0.4 is 14.4 Å². The maximum atomic E-state index is 13.7. The summed E-state index contributed by atoms with van der Waals surface area (Å²) in [5.74, 6) is 0.895. The molecule has 2 heterocycles. The van der Waals surface area contributed by atoms with Crippen LogP contribution in [-0.4, -0.2) is 25.1 Å². The summed E-state index contributed by atoms with van der Waals surface area (Å²) in [6, 6.07) is 20.4. The van der Waals surface area contributed by atoms with Crippen LogP contribution in [0.3, 0.4) is 0 Å². The number of rotatable bonds is 7. The van der Waals surface area contributed by atoms with Crippen molar-refractivity contribution in [3.63, 3.8) is 0 Å². The molecule has 8 heteroatoms. The second-order valence-corrected chi connectivity index (χ2v) is 8.97. The maximum Gasteiger partial charge on any atom is 0.305 e. The van der Waals surface area contributed by atoms with Crippen molar-refractivity contribution < 1.29 is 18.7 Å². The van der Waals surface area contributed by atoms with Crippen LogP contribution in [-0.2, 0) is 6.54 Å². The van der Waals surface area contributed by atoms with E-state index in [2.05, 4.69) is 16.4 Å². The van der Waals surface area contributed by atoms with E-state index in [4.69, 9.17) is 25.5 Å². The van der Waals surface area contributed by atoms with E-state index in [1.165, 1.54) is 4.90 Å². The van der Waals surface area contributed by atoms with Gasteiger partial charge in [-0.2, -0.15) is 16.3 Å². The largest absolute Gasteiger partial charge is 0.497 e. The molecule has 0 fully saturated rings. The highest BCUT2D eigenvalue weighted by Gasteiger charge is 2.25. The lowest BCUT2D eigenvalue weighted by molar-refractivity contribution is 0.0980. The molecule has 0 unspecified atom stereocenters. The Hall–Kier alpha value is -3.81. The molecular weight excluding hydrogens is 484 g/mol. The summed E-state index contributed by atoms with van der Waals surface area (Å²) in [5, 5.41) is 4.45. The Kier molecular flexibility index (Phi) is 6.44.